The van der Waals surface area contributed by atoms with E-state index in [2.05, 4.69) is 6.92 Å². The molecule has 0 aromatic heterocycles. The fraction of sp³-hybridized carbons (Fsp3) is 0.920. The molecule has 178 valence electrons. The highest BCUT2D eigenvalue weighted by atomic mass is 16.4. The van der Waals surface area contributed by atoms with Crippen LogP contribution in [-0.2, 0) is 9.59 Å². The first-order valence-corrected chi connectivity index (χ1v) is 12.5. The summed E-state index contributed by atoms with van der Waals surface area (Å²) < 4.78 is 0. The Morgan fingerprint density at radius 3 is 1.43 bits per heavy atom. The minimum absolute atomic E-state index is 0.0752. The summed E-state index contributed by atoms with van der Waals surface area (Å²) >= 11 is 0. The molecule has 0 heterocycles. The number of carbonyl (C=O) groups is 2. The van der Waals surface area contributed by atoms with Crippen molar-refractivity contribution < 1.29 is 24.9 Å². The van der Waals surface area contributed by atoms with Gasteiger partial charge in [-0.25, -0.2) is 0 Å². The molecule has 0 aliphatic heterocycles. The molecule has 0 radical (unpaired) electrons. The largest absolute Gasteiger partial charge is 0.393 e. The summed E-state index contributed by atoms with van der Waals surface area (Å²) in [4.78, 5) is 24.1. The van der Waals surface area contributed by atoms with Crippen molar-refractivity contribution in [3.8, 4) is 0 Å². The van der Waals surface area contributed by atoms with E-state index >= 15 is 0 Å². The molecule has 2 unspecified atom stereocenters. The number of hydrogen-bond acceptors (Lipinski definition) is 5. The fourth-order valence-corrected chi connectivity index (χ4v) is 3.85. The summed E-state index contributed by atoms with van der Waals surface area (Å²) in [5.41, 5.74) is -2.36. The summed E-state index contributed by atoms with van der Waals surface area (Å²) in [7, 11) is 0. The van der Waals surface area contributed by atoms with Crippen LogP contribution in [0.3, 0.4) is 0 Å². The molecule has 3 N–H and O–H groups in total. The zero-order chi connectivity index (χ0) is 22.7. The molecule has 5 heteroatoms. The summed E-state index contributed by atoms with van der Waals surface area (Å²) in [6.07, 6.45) is 17.2. The van der Waals surface area contributed by atoms with Gasteiger partial charge in [-0.2, -0.15) is 0 Å². The molecule has 2 atom stereocenters. The number of aliphatic hydroxyl groups is 3. The molecule has 0 fully saturated rings. The van der Waals surface area contributed by atoms with Crippen LogP contribution in [0.1, 0.15) is 129 Å². The van der Waals surface area contributed by atoms with Gasteiger partial charge in [-0.1, -0.05) is 104 Å². The summed E-state index contributed by atoms with van der Waals surface area (Å²) in [5, 5.41) is 29.7. The highest BCUT2D eigenvalue weighted by Gasteiger charge is 2.45. The minimum Gasteiger partial charge on any atom is -0.393 e. The van der Waals surface area contributed by atoms with E-state index in [1.165, 1.54) is 70.6 Å². The van der Waals surface area contributed by atoms with Crippen LogP contribution >= 0.6 is 0 Å². The first kappa shape index (κ1) is 29.2. The predicted octanol–water partition coefficient (Wildman–Crippen LogP) is 5.27. The number of carbonyl (C=O) groups excluding carboxylic acids is 2. The smallest absolute Gasteiger partial charge is 0.178 e. The number of ketones is 2. The standard InChI is InChI=1S/C25H48O5/c1-3-5-6-7-8-9-10-11-12-13-14-15-16-17-18-20-23(28)25(30,21-26)24(29)22(27)19-4-2/h24,26,29-30H,3-21H2,1-2H3. The van der Waals surface area contributed by atoms with E-state index in [4.69, 9.17) is 0 Å². The van der Waals surface area contributed by atoms with E-state index in [1.54, 1.807) is 6.92 Å². The molecule has 0 spiro atoms. The average molecular weight is 429 g/mol. The Hall–Kier alpha value is -0.780. The highest BCUT2D eigenvalue weighted by molar-refractivity contribution is 5.96. The third-order valence-electron chi connectivity index (χ3n) is 5.99. The normalized spacial score (nSPS) is 14.4. The number of Topliss-reactive ketones (excluding diaryl/α,β-unsaturated/α-hetero) is 2. The van der Waals surface area contributed by atoms with E-state index in [9.17, 15) is 24.9 Å². The van der Waals surface area contributed by atoms with Crippen molar-refractivity contribution in [3.05, 3.63) is 0 Å². The fourth-order valence-electron chi connectivity index (χ4n) is 3.85. The van der Waals surface area contributed by atoms with Gasteiger partial charge in [0.1, 0.15) is 0 Å². The summed E-state index contributed by atoms with van der Waals surface area (Å²) in [6.45, 7) is 3.10. The Labute approximate surface area is 184 Å². The molecular formula is C25H48O5. The third kappa shape index (κ3) is 12.8. The Morgan fingerprint density at radius 1 is 0.667 bits per heavy atom. The van der Waals surface area contributed by atoms with Gasteiger partial charge in [-0.3, -0.25) is 9.59 Å². The van der Waals surface area contributed by atoms with Crippen LogP contribution in [0.2, 0.25) is 0 Å². The van der Waals surface area contributed by atoms with Crippen LogP contribution in [0.5, 0.6) is 0 Å². The maximum Gasteiger partial charge on any atom is 0.178 e. The number of aliphatic hydroxyl groups excluding tert-OH is 2. The number of unbranched alkanes of at least 4 members (excludes halogenated alkanes) is 14. The van der Waals surface area contributed by atoms with Crippen LogP contribution in [0, 0.1) is 0 Å². The van der Waals surface area contributed by atoms with Crippen LogP contribution in [0.15, 0.2) is 0 Å². The molecule has 0 rings (SSSR count). The first-order valence-electron chi connectivity index (χ1n) is 12.5. The molecule has 0 aromatic carbocycles. The minimum atomic E-state index is -2.36. The SMILES string of the molecule is CCCCCCCCCCCCCCCCCC(=O)C(O)(CO)C(O)C(=O)CCC. The lowest BCUT2D eigenvalue weighted by atomic mass is 9.86. The van der Waals surface area contributed by atoms with Gasteiger partial charge in [0.2, 0.25) is 0 Å². The zero-order valence-corrected chi connectivity index (χ0v) is 19.7. The maximum absolute atomic E-state index is 12.3. The molecule has 0 saturated heterocycles. The van der Waals surface area contributed by atoms with E-state index < -0.39 is 29.9 Å². The van der Waals surface area contributed by atoms with E-state index in [-0.39, 0.29) is 12.8 Å². The second-order valence-electron chi connectivity index (χ2n) is 8.82. The third-order valence-corrected chi connectivity index (χ3v) is 5.99. The van der Waals surface area contributed by atoms with Gasteiger partial charge in [-0.05, 0) is 12.8 Å². The molecule has 5 nitrogen and oxygen atoms in total. The van der Waals surface area contributed by atoms with Crippen LogP contribution in [0.25, 0.3) is 0 Å². The van der Waals surface area contributed by atoms with Crippen molar-refractivity contribution >= 4 is 11.6 Å². The quantitative estimate of drug-likeness (QED) is 0.204. The Balaban J connectivity index is 3.71. The van der Waals surface area contributed by atoms with Crippen molar-refractivity contribution in [1.29, 1.82) is 0 Å². The van der Waals surface area contributed by atoms with Gasteiger partial charge in [-0.15, -0.1) is 0 Å². The second-order valence-corrected chi connectivity index (χ2v) is 8.82. The molecule has 0 aliphatic carbocycles. The van der Waals surface area contributed by atoms with Crippen LogP contribution in [0.4, 0.5) is 0 Å². The van der Waals surface area contributed by atoms with E-state index in [0.29, 0.717) is 12.8 Å². The lowest BCUT2D eigenvalue weighted by molar-refractivity contribution is -0.165. The van der Waals surface area contributed by atoms with Gasteiger partial charge in [0, 0.05) is 12.8 Å². The van der Waals surface area contributed by atoms with Gasteiger partial charge in [0.25, 0.3) is 0 Å². The molecular weight excluding hydrogens is 380 g/mol. The van der Waals surface area contributed by atoms with Crippen molar-refractivity contribution in [2.75, 3.05) is 6.61 Å². The molecule has 0 aliphatic rings. The molecule has 0 saturated carbocycles. The summed E-state index contributed by atoms with van der Waals surface area (Å²) in [6, 6.07) is 0. The lowest BCUT2D eigenvalue weighted by Crippen LogP contribution is -2.55. The lowest BCUT2D eigenvalue weighted by Gasteiger charge is -2.28. The Morgan fingerprint density at radius 2 is 1.07 bits per heavy atom. The first-order chi connectivity index (χ1) is 14.4. The molecule has 0 aromatic rings. The van der Waals surface area contributed by atoms with E-state index in [0.717, 1.165) is 19.3 Å². The average Bonchev–Trinajstić information content (AvgIpc) is 2.75. The Kier molecular flexibility index (Phi) is 18.5. The van der Waals surface area contributed by atoms with Gasteiger partial charge < -0.3 is 15.3 Å². The summed E-state index contributed by atoms with van der Waals surface area (Å²) in [5.74, 6) is -1.24. The van der Waals surface area contributed by atoms with Crippen LogP contribution in [-0.4, -0.2) is 45.2 Å². The van der Waals surface area contributed by atoms with Crippen LogP contribution < -0.4 is 0 Å². The second kappa shape index (κ2) is 18.9. The topological polar surface area (TPSA) is 94.8 Å². The van der Waals surface area contributed by atoms with Gasteiger partial charge in [0.05, 0.1) is 6.61 Å². The van der Waals surface area contributed by atoms with Crippen molar-refractivity contribution in [2.24, 2.45) is 0 Å². The van der Waals surface area contributed by atoms with Crippen molar-refractivity contribution in [3.63, 3.8) is 0 Å². The zero-order valence-electron chi connectivity index (χ0n) is 19.7. The van der Waals surface area contributed by atoms with Gasteiger partial charge in [0.15, 0.2) is 23.3 Å². The van der Waals surface area contributed by atoms with Crippen molar-refractivity contribution in [2.45, 2.75) is 141 Å². The van der Waals surface area contributed by atoms with E-state index in [1.807, 2.05) is 0 Å². The highest BCUT2D eigenvalue weighted by Crippen LogP contribution is 2.19. The van der Waals surface area contributed by atoms with Gasteiger partial charge >= 0.3 is 0 Å². The number of rotatable bonds is 22. The maximum atomic E-state index is 12.3. The number of hydrogen-bond donors (Lipinski definition) is 3. The van der Waals surface area contributed by atoms with Crippen molar-refractivity contribution in [1.82, 2.24) is 0 Å². The Bertz CT molecular complexity index is 437. The molecule has 0 bridgehead atoms. The predicted molar refractivity (Wildman–Crippen MR) is 123 cm³/mol. The monoisotopic (exact) mass is 428 g/mol. The molecule has 0 amide bonds. The molecule has 30 heavy (non-hydrogen) atoms.